The van der Waals surface area contributed by atoms with Crippen LogP contribution in [0.3, 0.4) is 0 Å². The molecule has 0 aromatic carbocycles. The van der Waals surface area contributed by atoms with Gasteiger partial charge in [0.15, 0.2) is 0 Å². The standard InChI is InChI=1S/C7H10ClN3.C2H6/c1-9-7-10-5-3-6(11-7)2-4-8;1-2/h3,5H,2,4H2,1H3,(H,9,10,11);1-2H3. The predicted molar refractivity (Wildman–Crippen MR) is 57.4 cm³/mol. The van der Waals surface area contributed by atoms with Crippen LogP contribution in [0.5, 0.6) is 0 Å². The molecule has 0 fully saturated rings. The van der Waals surface area contributed by atoms with Gasteiger partial charge in [-0.15, -0.1) is 11.6 Å². The topological polar surface area (TPSA) is 37.8 Å². The minimum absolute atomic E-state index is 0.597. The quantitative estimate of drug-likeness (QED) is 0.763. The fourth-order valence-corrected chi connectivity index (χ4v) is 0.946. The van der Waals surface area contributed by atoms with Crippen molar-refractivity contribution in [2.24, 2.45) is 0 Å². The van der Waals surface area contributed by atoms with Crippen LogP contribution >= 0.6 is 11.6 Å². The smallest absolute Gasteiger partial charge is 0.222 e. The molecule has 1 aromatic heterocycles. The zero-order chi connectivity index (χ0) is 10.1. The summed E-state index contributed by atoms with van der Waals surface area (Å²) in [5.41, 5.74) is 0.972. The Hall–Kier alpha value is -0.830. The van der Waals surface area contributed by atoms with E-state index in [9.17, 15) is 0 Å². The second-order valence-corrected chi connectivity index (χ2v) is 2.44. The molecule has 0 unspecified atom stereocenters. The molecule has 1 aromatic rings. The number of hydrogen-bond donors (Lipinski definition) is 1. The Morgan fingerprint density at radius 3 is 2.69 bits per heavy atom. The zero-order valence-corrected chi connectivity index (χ0v) is 9.10. The third-order valence-corrected chi connectivity index (χ3v) is 1.48. The number of nitrogens with zero attached hydrogens (tertiary/aromatic N) is 2. The number of aromatic nitrogens is 2. The molecular weight excluding hydrogens is 186 g/mol. The number of hydrogen-bond acceptors (Lipinski definition) is 3. The lowest BCUT2D eigenvalue weighted by Crippen LogP contribution is -1.99. The molecule has 0 atom stereocenters. The maximum absolute atomic E-state index is 5.55. The van der Waals surface area contributed by atoms with E-state index in [1.807, 2.05) is 19.9 Å². The highest BCUT2D eigenvalue weighted by Gasteiger charge is 1.94. The molecule has 13 heavy (non-hydrogen) atoms. The van der Waals surface area contributed by atoms with E-state index in [0.717, 1.165) is 12.1 Å². The van der Waals surface area contributed by atoms with Crippen molar-refractivity contribution in [2.45, 2.75) is 20.3 Å². The minimum atomic E-state index is 0.597. The van der Waals surface area contributed by atoms with Gasteiger partial charge in [0.1, 0.15) is 0 Å². The average molecular weight is 202 g/mol. The summed E-state index contributed by atoms with van der Waals surface area (Å²) >= 11 is 5.55. The highest BCUT2D eigenvalue weighted by Crippen LogP contribution is 2.00. The molecule has 1 N–H and O–H groups in total. The Morgan fingerprint density at radius 1 is 1.46 bits per heavy atom. The molecule has 0 aliphatic carbocycles. The number of aryl methyl sites for hydroxylation is 1. The highest BCUT2D eigenvalue weighted by atomic mass is 35.5. The molecule has 0 aliphatic rings. The van der Waals surface area contributed by atoms with Gasteiger partial charge >= 0.3 is 0 Å². The molecule has 1 rings (SSSR count). The largest absolute Gasteiger partial charge is 0.357 e. The number of nitrogens with one attached hydrogen (secondary N) is 1. The minimum Gasteiger partial charge on any atom is -0.357 e. The monoisotopic (exact) mass is 201 g/mol. The average Bonchev–Trinajstić information content (AvgIpc) is 2.22. The third-order valence-electron chi connectivity index (χ3n) is 1.29. The van der Waals surface area contributed by atoms with Gasteiger partial charge in [-0.05, 0) is 6.07 Å². The highest BCUT2D eigenvalue weighted by molar-refractivity contribution is 6.17. The summed E-state index contributed by atoms with van der Waals surface area (Å²) < 4.78 is 0. The molecular formula is C9H16ClN3. The Labute approximate surface area is 84.6 Å². The lowest BCUT2D eigenvalue weighted by molar-refractivity contribution is 1.00. The van der Waals surface area contributed by atoms with E-state index < -0.39 is 0 Å². The normalized spacial score (nSPS) is 8.62. The molecule has 0 radical (unpaired) electrons. The molecule has 74 valence electrons. The first kappa shape index (κ1) is 12.2. The molecule has 0 saturated carbocycles. The molecule has 1 heterocycles. The van der Waals surface area contributed by atoms with Crippen LogP contribution in [0.1, 0.15) is 19.5 Å². The van der Waals surface area contributed by atoms with Crippen molar-refractivity contribution in [3.63, 3.8) is 0 Å². The molecule has 0 aliphatic heterocycles. The van der Waals surface area contributed by atoms with Crippen LogP contribution in [-0.4, -0.2) is 22.9 Å². The summed E-state index contributed by atoms with van der Waals surface area (Å²) in [5, 5.41) is 2.86. The Morgan fingerprint density at radius 2 is 2.15 bits per heavy atom. The fraction of sp³-hybridized carbons (Fsp3) is 0.556. The van der Waals surface area contributed by atoms with Crippen molar-refractivity contribution in [2.75, 3.05) is 18.2 Å². The molecule has 0 saturated heterocycles. The molecule has 0 spiro atoms. The van der Waals surface area contributed by atoms with Gasteiger partial charge < -0.3 is 5.32 Å². The van der Waals surface area contributed by atoms with E-state index in [2.05, 4.69) is 15.3 Å². The van der Waals surface area contributed by atoms with Crippen LogP contribution in [0.25, 0.3) is 0 Å². The van der Waals surface area contributed by atoms with Gasteiger partial charge in [-0.1, -0.05) is 13.8 Å². The van der Waals surface area contributed by atoms with Crippen LogP contribution in [0.4, 0.5) is 5.95 Å². The fourth-order valence-electron chi connectivity index (χ4n) is 0.753. The Kier molecular flexibility index (Phi) is 7.30. The van der Waals surface area contributed by atoms with Crippen molar-refractivity contribution in [3.8, 4) is 0 Å². The SMILES string of the molecule is CC.CNc1nccc(CCCl)n1. The zero-order valence-electron chi connectivity index (χ0n) is 8.34. The first-order chi connectivity index (χ1) is 6.36. The van der Waals surface area contributed by atoms with Crippen molar-refractivity contribution < 1.29 is 0 Å². The Balaban J connectivity index is 0.000000671. The van der Waals surface area contributed by atoms with Crippen molar-refractivity contribution in [3.05, 3.63) is 18.0 Å². The first-order valence-electron chi connectivity index (χ1n) is 4.42. The Bertz CT molecular complexity index is 228. The van der Waals surface area contributed by atoms with Gasteiger partial charge in [-0.2, -0.15) is 0 Å². The second kappa shape index (κ2) is 7.80. The van der Waals surface area contributed by atoms with Crippen LogP contribution < -0.4 is 5.32 Å². The first-order valence-corrected chi connectivity index (χ1v) is 4.96. The number of rotatable bonds is 3. The van der Waals surface area contributed by atoms with Gasteiger partial charge in [0.2, 0.25) is 5.95 Å². The number of alkyl halides is 1. The molecule has 0 bridgehead atoms. The van der Waals surface area contributed by atoms with Crippen LogP contribution in [-0.2, 0) is 6.42 Å². The van der Waals surface area contributed by atoms with Gasteiger partial charge in [-0.25, -0.2) is 9.97 Å². The lowest BCUT2D eigenvalue weighted by Gasteiger charge is -1.99. The van der Waals surface area contributed by atoms with E-state index in [1.165, 1.54) is 0 Å². The molecule has 0 amide bonds. The van der Waals surface area contributed by atoms with Gasteiger partial charge in [-0.3, -0.25) is 0 Å². The van der Waals surface area contributed by atoms with Crippen LogP contribution in [0.2, 0.25) is 0 Å². The molecule has 4 heteroatoms. The van der Waals surface area contributed by atoms with Gasteiger partial charge in [0, 0.05) is 31.2 Å². The van der Waals surface area contributed by atoms with Gasteiger partial charge in [0.25, 0.3) is 0 Å². The maximum Gasteiger partial charge on any atom is 0.222 e. The van der Waals surface area contributed by atoms with Crippen LogP contribution in [0, 0.1) is 0 Å². The van der Waals surface area contributed by atoms with Crippen molar-refractivity contribution in [1.29, 1.82) is 0 Å². The van der Waals surface area contributed by atoms with E-state index >= 15 is 0 Å². The maximum atomic E-state index is 5.55. The second-order valence-electron chi connectivity index (χ2n) is 2.06. The van der Waals surface area contributed by atoms with E-state index in [1.54, 1.807) is 13.2 Å². The van der Waals surface area contributed by atoms with Gasteiger partial charge in [0.05, 0.1) is 0 Å². The van der Waals surface area contributed by atoms with E-state index in [0.29, 0.717) is 11.8 Å². The molecule has 3 nitrogen and oxygen atoms in total. The van der Waals surface area contributed by atoms with Crippen molar-refractivity contribution >= 4 is 17.5 Å². The lowest BCUT2D eigenvalue weighted by atomic mass is 10.3. The summed E-state index contributed by atoms with van der Waals surface area (Å²) in [7, 11) is 1.79. The third kappa shape index (κ3) is 4.68. The summed E-state index contributed by atoms with van der Waals surface area (Å²) in [6.07, 6.45) is 2.51. The summed E-state index contributed by atoms with van der Waals surface area (Å²) in [4.78, 5) is 8.15. The van der Waals surface area contributed by atoms with E-state index in [-0.39, 0.29) is 0 Å². The van der Waals surface area contributed by atoms with Crippen molar-refractivity contribution in [1.82, 2.24) is 9.97 Å². The predicted octanol–water partition coefficient (Wildman–Crippen LogP) is 2.33. The van der Waals surface area contributed by atoms with Crippen LogP contribution in [0.15, 0.2) is 12.3 Å². The number of halogens is 1. The number of anilines is 1. The summed E-state index contributed by atoms with van der Waals surface area (Å²) in [5.74, 6) is 1.24. The summed E-state index contributed by atoms with van der Waals surface area (Å²) in [6.45, 7) is 4.00. The summed E-state index contributed by atoms with van der Waals surface area (Å²) in [6, 6.07) is 1.86. The van der Waals surface area contributed by atoms with E-state index in [4.69, 9.17) is 11.6 Å².